The van der Waals surface area contributed by atoms with Crippen LogP contribution < -0.4 is 14.8 Å². The second-order valence-electron chi connectivity index (χ2n) is 6.19. The Morgan fingerprint density at radius 2 is 2.13 bits per heavy atom. The number of halogens is 3. The molecule has 1 heterocycles. The van der Waals surface area contributed by atoms with Crippen molar-refractivity contribution in [2.75, 3.05) is 19.4 Å². The third-order valence-electron chi connectivity index (χ3n) is 4.17. The molecule has 160 valence electrons. The average molecular weight is 517 g/mol. The Morgan fingerprint density at radius 3 is 2.83 bits per heavy atom. The van der Waals surface area contributed by atoms with Crippen molar-refractivity contribution in [3.8, 4) is 11.5 Å². The summed E-state index contributed by atoms with van der Waals surface area (Å²) in [5.74, 6) is 1.62. The Bertz CT molecular complexity index is 1010. The number of aromatic nitrogens is 4. The highest BCUT2D eigenvalue weighted by atomic mass is 79.9. The minimum atomic E-state index is -0.386. The summed E-state index contributed by atoms with van der Waals surface area (Å²) >= 11 is 11.3. The number of methoxy groups -OCH3 is 1. The fourth-order valence-electron chi connectivity index (χ4n) is 2.63. The predicted octanol–water partition coefficient (Wildman–Crippen LogP) is 4.23. The van der Waals surface area contributed by atoms with Gasteiger partial charge < -0.3 is 14.8 Å². The largest absolute Gasteiger partial charge is 0.493 e. The van der Waals surface area contributed by atoms with Crippen molar-refractivity contribution in [2.24, 2.45) is 7.05 Å². The lowest BCUT2D eigenvalue weighted by Gasteiger charge is -2.17. The van der Waals surface area contributed by atoms with Gasteiger partial charge in [-0.05, 0) is 34.7 Å². The van der Waals surface area contributed by atoms with E-state index in [2.05, 4.69) is 36.8 Å². The zero-order chi connectivity index (χ0) is 21.5. The molecule has 2 aromatic carbocycles. The van der Waals surface area contributed by atoms with E-state index in [1.807, 2.05) is 12.1 Å². The number of benzene rings is 2. The van der Waals surface area contributed by atoms with E-state index in [0.29, 0.717) is 28.6 Å². The second kappa shape index (κ2) is 10.9. The summed E-state index contributed by atoms with van der Waals surface area (Å²) in [5, 5.41) is 15.9. The maximum atomic E-state index is 13.3. The van der Waals surface area contributed by atoms with Gasteiger partial charge in [0.15, 0.2) is 11.5 Å². The number of aryl methyl sites for hydroxylation is 1. The van der Waals surface area contributed by atoms with Crippen LogP contribution >= 0.6 is 39.3 Å². The minimum absolute atomic E-state index is 0.188. The van der Waals surface area contributed by atoms with Gasteiger partial charge in [0.2, 0.25) is 5.16 Å². The van der Waals surface area contributed by atoms with Gasteiger partial charge in [0.05, 0.1) is 12.1 Å². The Balaban J connectivity index is 1.65. The molecule has 0 atom stereocenters. The molecule has 0 unspecified atom stereocenters. The highest BCUT2D eigenvalue weighted by Crippen LogP contribution is 2.37. The van der Waals surface area contributed by atoms with Gasteiger partial charge in [0, 0.05) is 41.5 Å². The summed E-state index contributed by atoms with van der Waals surface area (Å²) in [6, 6.07) is 7.97. The molecular weight excluding hydrogens is 497 g/mol. The van der Waals surface area contributed by atoms with Gasteiger partial charge in [0.25, 0.3) is 0 Å². The standard InChI is InChI=1S/C19H20BrClFN5O2S/c1-27-19(24-25-26-27)30-8-7-23-10-14-15(20)5-6-17(28-2)18(14)29-11-12-3-4-13(22)9-16(12)21/h3-6,9,23H,7-8,10-11H2,1-2H3. The Kier molecular flexibility index (Phi) is 8.32. The molecule has 1 aromatic heterocycles. The number of tetrazole rings is 1. The van der Waals surface area contributed by atoms with Gasteiger partial charge in [-0.1, -0.05) is 45.4 Å². The van der Waals surface area contributed by atoms with Gasteiger partial charge in [-0.2, -0.15) is 0 Å². The van der Waals surface area contributed by atoms with Crippen molar-refractivity contribution < 1.29 is 13.9 Å². The SMILES string of the molecule is COc1ccc(Br)c(CNCCSc2nnnn2C)c1OCc1ccc(F)cc1Cl. The molecule has 0 aliphatic carbocycles. The zero-order valence-corrected chi connectivity index (χ0v) is 19.5. The van der Waals surface area contributed by atoms with Crippen LogP contribution in [-0.4, -0.2) is 39.6 Å². The van der Waals surface area contributed by atoms with E-state index in [9.17, 15) is 4.39 Å². The monoisotopic (exact) mass is 515 g/mol. The molecular formula is C19H20BrClFN5O2S. The number of rotatable bonds is 10. The van der Waals surface area contributed by atoms with Gasteiger partial charge in [-0.15, -0.1) is 5.10 Å². The van der Waals surface area contributed by atoms with Crippen molar-refractivity contribution in [3.63, 3.8) is 0 Å². The molecule has 0 amide bonds. The quantitative estimate of drug-likeness (QED) is 0.319. The molecule has 3 aromatic rings. The van der Waals surface area contributed by atoms with Crippen molar-refractivity contribution in [2.45, 2.75) is 18.3 Å². The van der Waals surface area contributed by atoms with Gasteiger partial charge >= 0.3 is 0 Å². The topological polar surface area (TPSA) is 74.1 Å². The molecule has 0 fully saturated rings. The summed E-state index contributed by atoms with van der Waals surface area (Å²) < 4.78 is 27.3. The van der Waals surface area contributed by atoms with Crippen molar-refractivity contribution in [1.29, 1.82) is 0 Å². The summed E-state index contributed by atoms with van der Waals surface area (Å²) in [6.45, 7) is 1.49. The number of nitrogens with zero attached hydrogens (tertiary/aromatic N) is 4. The van der Waals surface area contributed by atoms with Crippen LogP contribution in [0.4, 0.5) is 4.39 Å². The van der Waals surface area contributed by atoms with Crippen LogP contribution in [0.5, 0.6) is 11.5 Å². The normalized spacial score (nSPS) is 11.0. The Hall–Kier alpha value is -1.88. The Labute approximate surface area is 191 Å². The first-order valence-corrected chi connectivity index (χ1v) is 11.1. The summed E-state index contributed by atoms with van der Waals surface area (Å²) in [4.78, 5) is 0. The van der Waals surface area contributed by atoms with E-state index in [0.717, 1.165) is 27.5 Å². The van der Waals surface area contributed by atoms with Crippen LogP contribution in [0.25, 0.3) is 0 Å². The fourth-order valence-corrected chi connectivity index (χ4v) is 4.05. The number of hydrogen-bond acceptors (Lipinski definition) is 7. The predicted molar refractivity (Wildman–Crippen MR) is 118 cm³/mol. The van der Waals surface area contributed by atoms with E-state index < -0.39 is 0 Å². The lowest BCUT2D eigenvalue weighted by atomic mass is 10.1. The molecule has 3 rings (SSSR count). The first-order valence-electron chi connectivity index (χ1n) is 8.97. The molecule has 30 heavy (non-hydrogen) atoms. The maximum Gasteiger partial charge on any atom is 0.209 e. The summed E-state index contributed by atoms with van der Waals surface area (Å²) in [5.41, 5.74) is 1.60. The van der Waals surface area contributed by atoms with Crippen LogP contribution in [0.3, 0.4) is 0 Å². The van der Waals surface area contributed by atoms with E-state index in [1.54, 1.807) is 36.7 Å². The third kappa shape index (κ3) is 5.84. The molecule has 7 nitrogen and oxygen atoms in total. The maximum absolute atomic E-state index is 13.3. The van der Waals surface area contributed by atoms with Crippen LogP contribution in [0, 0.1) is 5.82 Å². The lowest BCUT2D eigenvalue weighted by molar-refractivity contribution is 0.280. The van der Waals surface area contributed by atoms with Crippen LogP contribution in [0.15, 0.2) is 40.0 Å². The van der Waals surface area contributed by atoms with Crippen LogP contribution in [0.1, 0.15) is 11.1 Å². The fraction of sp³-hybridized carbons (Fsp3) is 0.316. The van der Waals surface area contributed by atoms with E-state index in [1.165, 1.54) is 12.1 Å². The number of nitrogens with one attached hydrogen (secondary N) is 1. The van der Waals surface area contributed by atoms with Crippen molar-refractivity contribution >= 4 is 39.3 Å². The Morgan fingerprint density at radius 1 is 1.30 bits per heavy atom. The summed E-state index contributed by atoms with van der Waals surface area (Å²) in [6.07, 6.45) is 0. The molecule has 0 spiro atoms. The molecule has 11 heteroatoms. The van der Waals surface area contributed by atoms with Crippen molar-refractivity contribution in [1.82, 2.24) is 25.5 Å². The highest BCUT2D eigenvalue weighted by molar-refractivity contribution is 9.10. The first-order chi connectivity index (χ1) is 14.5. The molecule has 0 aliphatic rings. The first kappa shape index (κ1) is 22.8. The second-order valence-corrected chi connectivity index (χ2v) is 8.52. The molecule has 0 aliphatic heterocycles. The van der Waals surface area contributed by atoms with Crippen molar-refractivity contribution in [3.05, 3.63) is 56.8 Å². The van der Waals surface area contributed by atoms with Gasteiger partial charge in [-0.3, -0.25) is 0 Å². The lowest BCUT2D eigenvalue weighted by Crippen LogP contribution is -2.18. The van der Waals surface area contributed by atoms with Gasteiger partial charge in [-0.25, -0.2) is 9.07 Å². The number of ether oxygens (including phenoxy) is 2. The van der Waals surface area contributed by atoms with E-state index in [4.69, 9.17) is 21.1 Å². The molecule has 0 saturated carbocycles. The van der Waals surface area contributed by atoms with Crippen LogP contribution in [0.2, 0.25) is 5.02 Å². The molecule has 0 saturated heterocycles. The number of thioether (sulfide) groups is 1. The average Bonchev–Trinajstić information content (AvgIpc) is 3.13. The van der Waals surface area contributed by atoms with E-state index >= 15 is 0 Å². The minimum Gasteiger partial charge on any atom is -0.493 e. The summed E-state index contributed by atoms with van der Waals surface area (Å²) in [7, 11) is 3.39. The smallest absolute Gasteiger partial charge is 0.209 e. The molecule has 0 bridgehead atoms. The molecule has 0 radical (unpaired) electrons. The zero-order valence-electron chi connectivity index (χ0n) is 16.4. The third-order valence-corrected chi connectivity index (χ3v) is 6.27. The van der Waals surface area contributed by atoms with E-state index in [-0.39, 0.29) is 12.4 Å². The van der Waals surface area contributed by atoms with Crippen LogP contribution in [-0.2, 0) is 20.2 Å². The number of hydrogen-bond donors (Lipinski definition) is 1. The van der Waals surface area contributed by atoms with Gasteiger partial charge in [0.1, 0.15) is 12.4 Å². The molecule has 1 N–H and O–H groups in total. The highest BCUT2D eigenvalue weighted by Gasteiger charge is 2.15.